The van der Waals surface area contributed by atoms with Crippen molar-refractivity contribution in [3.8, 4) is 0 Å². The Balaban J connectivity index is 1.67. The Morgan fingerprint density at radius 3 is 2.44 bits per heavy atom. The van der Waals surface area contributed by atoms with Gasteiger partial charge in [-0.25, -0.2) is 0 Å². The van der Waals surface area contributed by atoms with Gasteiger partial charge in [0.25, 0.3) is 5.76 Å². The minimum Gasteiger partial charge on any atom is -0.467 e. The van der Waals surface area contributed by atoms with Crippen molar-refractivity contribution < 1.29 is 18.0 Å². The summed E-state index contributed by atoms with van der Waals surface area (Å²) in [6, 6.07) is 19.4. The number of carbonyl (C=O) groups excluding carboxylic acids is 1. The van der Waals surface area contributed by atoms with Crippen molar-refractivity contribution in [3.63, 3.8) is 0 Å². The summed E-state index contributed by atoms with van der Waals surface area (Å²) in [4.78, 5) is 12.7. The molecule has 0 aliphatic rings. The Morgan fingerprint density at radius 1 is 1.00 bits per heavy atom. The average Bonchev–Trinajstić information content (AvgIpc) is 3.18. The molecule has 0 radical (unpaired) electrons. The minimum absolute atomic E-state index is 0.00601. The number of hydrogen-bond acceptors (Lipinski definition) is 4. The molecular weight excluding hydrogens is 370 g/mol. The molecule has 3 aromatic rings. The number of amides is 1. The number of nitrogens with one attached hydrogen (secondary N) is 2. The van der Waals surface area contributed by atoms with E-state index >= 15 is 0 Å². The summed E-state index contributed by atoms with van der Waals surface area (Å²) in [6.45, 7) is -0.00601. The normalized spacial score (nSPS) is 12.1. The molecule has 4 nitrogen and oxygen atoms in total. The number of hydrogen-bond donors (Lipinski definition) is 2. The third-order valence-electron chi connectivity index (χ3n) is 3.80. The van der Waals surface area contributed by atoms with E-state index in [2.05, 4.69) is 10.6 Å². The molecule has 1 heterocycles. The van der Waals surface area contributed by atoms with Crippen molar-refractivity contribution in [1.29, 1.82) is 0 Å². The number of carbonyl (C=O) groups is 1. The van der Waals surface area contributed by atoms with E-state index in [0.717, 1.165) is 5.56 Å². The number of anilines is 1. The second kappa shape index (κ2) is 9.34. The quantitative estimate of drug-likeness (QED) is 0.538. The fourth-order valence-corrected chi connectivity index (χ4v) is 3.24. The number of benzene rings is 2. The van der Waals surface area contributed by atoms with Crippen molar-refractivity contribution in [2.24, 2.45) is 0 Å². The first-order valence-corrected chi connectivity index (χ1v) is 9.17. The Kier molecular flexibility index (Phi) is 6.62. The SMILES string of the molecule is O=C(CN[C@H](c1ccccc1)c1ccco1)Nc1ccccc1SC(F)F. The number of thioether (sulfide) groups is 1. The van der Waals surface area contributed by atoms with Crippen LogP contribution in [0.2, 0.25) is 0 Å². The Bertz CT molecular complexity index is 857. The number of para-hydroxylation sites is 1. The molecule has 0 saturated heterocycles. The molecule has 2 aromatic carbocycles. The molecular formula is C20H18F2N2O2S. The highest BCUT2D eigenvalue weighted by Gasteiger charge is 2.18. The molecule has 1 aromatic heterocycles. The highest BCUT2D eigenvalue weighted by atomic mass is 32.2. The van der Waals surface area contributed by atoms with E-state index in [-0.39, 0.29) is 18.5 Å². The van der Waals surface area contributed by atoms with Crippen LogP contribution in [-0.2, 0) is 4.79 Å². The van der Waals surface area contributed by atoms with E-state index in [0.29, 0.717) is 28.1 Å². The summed E-state index contributed by atoms with van der Waals surface area (Å²) in [5.74, 6) is -2.20. The summed E-state index contributed by atoms with van der Waals surface area (Å²) < 4.78 is 30.8. The standard InChI is InChI=1S/C20H18F2N2O2S/c21-20(22)27-17-11-5-4-9-15(17)24-18(25)13-23-19(16-10-6-12-26-16)14-7-2-1-3-8-14/h1-12,19-20,23H,13H2,(H,24,25)/t19-/m1/s1. The van der Waals surface area contributed by atoms with E-state index < -0.39 is 5.76 Å². The summed E-state index contributed by atoms with van der Waals surface area (Å²) in [7, 11) is 0. The van der Waals surface area contributed by atoms with Crippen LogP contribution in [0.5, 0.6) is 0 Å². The Labute approximate surface area is 160 Å². The lowest BCUT2D eigenvalue weighted by atomic mass is 10.0. The Hall–Kier alpha value is -2.64. The molecule has 0 aliphatic heterocycles. The van der Waals surface area contributed by atoms with Crippen LogP contribution in [0.1, 0.15) is 17.4 Å². The van der Waals surface area contributed by atoms with Crippen molar-refractivity contribution in [2.75, 3.05) is 11.9 Å². The lowest BCUT2D eigenvalue weighted by molar-refractivity contribution is -0.115. The zero-order chi connectivity index (χ0) is 19.1. The summed E-state index contributed by atoms with van der Waals surface area (Å²) in [5.41, 5.74) is 1.32. The van der Waals surface area contributed by atoms with Crippen LogP contribution in [0, 0.1) is 0 Å². The second-order valence-electron chi connectivity index (χ2n) is 5.66. The van der Waals surface area contributed by atoms with Gasteiger partial charge in [0.05, 0.1) is 24.5 Å². The van der Waals surface area contributed by atoms with E-state index in [1.165, 1.54) is 0 Å². The fraction of sp³-hybridized carbons (Fsp3) is 0.150. The summed E-state index contributed by atoms with van der Waals surface area (Å²) >= 11 is 0.403. The molecule has 7 heteroatoms. The van der Waals surface area contributed by atoms with Gasteiger partial charge >= 0.3 is 0 Å². The van der Waals surface area contributed by atoms with Gasteiger partial charge in [-0.15, -0.1) is 0 Å². The van der Waals surface area contributed by atoms with Gasteiger partial charge in [0.1, 0.15) is 5.76 Å². The number of alkyl halides is 2. The van der Waals surface area contributed by atoms with Gasteiger partial charge in [-0.1, -0.05) is 54.2 Å². The van der Waals surface area contributed by atoms with Crippen molar-refractivity contribution in [2.45, 2.75) is 16.7 Å². The summed E-state index contributed by atoms with van der Waals surface area (Å²) in [5, 5.41) is 5.84. The van der Waals surface area contributed by atoms with Gasteiger partial charge in [-0.2, -0.15) is 8.78 Å². The number of halogens is 2. The highest BCUT2D eigenvalue weighted by molar-refractivity contribution is 7.99. The van der Waals surface area contributed by atoms with Gasteiger partial charge < -0.3 is 9.73 Å². The van der Waals surface area contributed by atoms with E-state index in [1.54, 1.807) is 36.6 Å². The van der Waals surface area contributed by atoms with Crippen LogP contribution in [0.15, 0.2) is 82.3 Å². The molecule has 0 unspecified atom stereocenters. The van der Waals surface area contributed by atoms with Crippen LogP contribution >= 0.6 is 11.8 Å². The smallest absolute Gasteiger partial charge is 0.288 e. The lowest BCUT2D eigenvalue weighted by Gasteiger charge is -2.17. The van der Waals surface area contributed by atoms with Crippen molar-refractivity contribution in [1.82, 2.24) is 5.32 Å². The first-order chi connectivity index (χ1) is 13.1. The van der Waals surface area contributed by atoms with E-state index in [1.807, 2.05) is 36.4 Å². The molecule has 1 atom stereocenters. The third kappa shape index (κ3) is 5.42. The number of furan rings is 1. The molecule has 0 fully saturated rings. The molecule has 27 heavy (non-hydrogen) atoms. The fourth-order valence-electron chi connectivity index (χ4n) is 2.64. The zero-order valence-corrected chi connectivity index (χ0v) is 15.1. The van der Waals surface area contributed by atoms with Crippen LogP contribution in [-0.4, -0.2) is 18.2 Å². The molecule has 3 rings (SSSR count). The maximum Gasteiger partial charge on any atom is 0.288 e. The van der Waals surface area contributed by atoms with Gasteiger partial charge in [0.15, 0.2) is 0 Å². The van der Waals surface area contributed by atoms with Crippen LogP contribution in [0.4, 0.5) is 14.5 Å². The maximum atomic E-state index is 12.7. The predicted octanol–water partition coefficient (Wildman–Crippen LogP) is 4.91. The molecule has 140 valence electrons. The lowest BCUT2D eigenvalue weighted by Crippen LogP contribution is -2.31. The van der Waals surface area contributed by atoms with Gasteiger partial charge in [-0.3, -0.25) is 10.1 Å². The Morgan fingerprint density at radius 2 is 1.74 bits per heavy atom. The maximum absolute atomic E-state index is 12.7. The molecule has 2 N–H and O–H groups in total. The van der Waals surface area contributed by atoms with E-state index in [4.69, 9.17) is 4.42 Å². The monoisotopic (exact) mass is 388 g/mol. The third-order valence-corrected chi connectivity index (χ3v) is 4.59. The van der Waals surface area contributed by atoms with E-state index in [9.17, 15) is 13.6 Å². The largest absolute Gasteiger partial charge is 0.467 e. The van der Waals surface area contributed by atoms with Crippen LogP contribution in [0.3, 0.4) is 0 Å². The molecule has 1 amide bonds. The second-order valence-corrected chi connectivity index (χ2v) is 6.69. The van der Waals surface area contributed by atoms with Gasteiger partial charge in [0, 0.05) is 4.90 Å². The number of rotatable bonds is 8. The highest BCUT2D eigenvalue weighted by Crippen LogP contribution is 2.31. The molecule has 0 bridgehead atoms. The molecule has 0 aliphatic carbocycles. The van der Waals surface area contributed by atoms with Crippen molar-refractivity contribution >= 4 is 23.4 Å². The predicted molar refractivity (Wildman–Crippen MR) is 102 cm³/mol. The molecule has 0 spiro atoms. The summed E-state index contributed by atoms with van der Waals surface area (Å²) in [6.07, 6.45) is 1.57. The topological polar surface area (TPSA) is 54.3 Å². The first kappa shape index (κ1) is 19.1. The van der Waals surface area contributed by atoms with Crippen LogP contribution in [0.25, 0.3) is 0 Å². The minimum atomic E-state index is -2.55. The van der Waals surface area contributed by atoms with Gasteiger partial charge in [-0.05, 0) is 29.8 Å². The van der Waals surface area contributed by atoms with Crippen molar-refractivity contribution in [3.05, 3.63) is 84.3 Å². The van der Waals surface area contributed by atoms with Crippen LogP contribution < -0.4 is 10.6 Å². The zero-order valence-electron chi connectivity index (χ0n) is 14.3. The first-order valence-electron chi connectivity index (χ1n) is 8.29. The van der Waals surface area contributed by atoms with Gasteiger partial charge in [0.2, 0.25) is 5.91 Å². The average molecular weight is 388 g/mol. The molecule has 0 saturated carbocycles.